The van der Waals surface area contributed by atoms with Crippen molar-refractivity contribution < 1.29 is 15.0 Å². The molecule has 6 rings (SSSR count). The van der Waals surface area contributed by atoms with Crippen molar-refractivity contribution in [3.63, 3.8) is 0 Å². The first-order valence-electron chi connectivity index (χ1n) is 13.4. The molecule has 2 heterocycles. The Morgan fingerprint density at radius 1 is 0.903 bits per heavy atom. The van der Waals surface area contributed by atoms with Crippen LogP contribution in [0.2, 0.25) is 0 Å². The summed E-state index contributed by atoms with van der Waals surface area (Å²) in [6.07, 6.45) is 9.08. The molecule has 6 aliphatic rings. The number of ketones is 1. The van der Waals surface area contributed by atoms with Gasteiger partial charge in [-0.25, -0.2) is 0 Å². The molecule has 0 spiro atoms. The minimum atomic E-state index is -0.570. The van der Waals surface area contributed by atoms with Crippen LogP contribution in [-0.4, -0.2) is 51.7 Å². The lowest BCUT2D eigenvalue weighted by molar-refractivity contribution is -0.175. The second kappa shape index (κ2) is 7.03. The van der Waals surface area contributed by atoms with Gasteiger partial charge in [0.15, 0.2) is 0 Å². The number of carbonyl (C=O) groups excluding carboxylic acids is 1. The minimum Gasteiger partial charge on any atom is -0.393 e. The third kappa shape index (κ3) is 2.93. The van der Waals surface area contributed by atoms with Gasteiger partial charge in [-0.15, -0.1) is 0 Å². The van der Waals surface area contributed by atoms with Crippen LogP contribution in [0, 0.1) is 52.8 Å². The van der Waals surface area contributed by atoms with Gasteiger partial charge in [0.1, 0.15) is 5.78 Å². The van der Waals surface area contributed by atoms with Crippen LogP contribution in [0.1, 0.15) is 78.6 Å². The van der Waals surface area contributed by atoms with Crippen molar-refractivity contribution in [2.24, 2.45) is 52.8 Å². The molecular formula is C27H43NO3. The summed E-state index contributed by atoms with van der Waals surface area (Å²) in [6, 6.07) is 0.341. The van der Waals surface area contributed by atoms with Gasteiger partial charge in [-0.05, 0) is 105 Å². The topological polar surface area (TPSA) is 60.8 Å². The first-order chi connectivity index (χ1) is 14.7. The van der Waals surface area contributed by atoms with Crippen LogP contribution in [0.3, 0.4) is 0 Å². The van der Waals surface area contributed by atoms with E-state index in [0.29, 0.717) is 53.8 Å². The number of carbonyl (C=O) groups is 1. The van der Waals surface area contributed by atoms with Crippen LogP contribution in [0.15, 0.2) is 0 Å². The molecule has 0 aromatic carbocycles. The summed E-state index contributed by atoms with van der Waals surface area (Å²) in [5.74, 6) is 4.82. The van der Waals surface area contributed by atoms with Crippen molar-refractivity contribution in [2.75, 3.05) is 13.1 Å². The Morgan fingerprint density at radius 3 is 2.52 bits per heavy atom. The molecule has 4 heteroatoms. The van der Waals surface area contributed by atoms with E-state index in [-0.39, 0.29) is 17.4 Å². The maximum absolute atomic E-state index is 13.2. The molecule has 4 nitrogen and oxygen atoms in total. The quantitative estimate of drug-likeness (QED) is 0.613. The summed E-state index contributed by atoms with van der Waals surface area (Å²) in [7, 11) is 0. The number of nitrogens with zero attached hydrogens (tertiary/aromatic N) is 1. The number of rotatable bonds is 0. The van der Waals surface area contributed by atoms with E-state index in [9.17, 15) is 15.0 Å². The number of aliphatic hydroxyl groups excluding tert-OH is 1. The molecule has 12 atom stereocenters. The Hall–Kier alpha value is -0.450. The molecule has 0 radical (unpaired) electrons. The Morgan fingerprint density at radius 2 is 1.71 bits per heavy atom. The molecule has 6 fully saturated rings. The van der Waals surface area contributed by atoms with Gasteiger partial charge in [-0.3, -0.25) is 9.69 Å². The largest absolute Gasteiger partial charge is 0.393 e. The van der Waals surface area contributed by atoms with Gasteiger partial charge >= 0.3 is 0 Å². The lowest BCUT2D eigenvalue weighted by Crippen LogP contribution is -2.67. The van der Waals surface area contributed by atoms with E-state index in [2.05, 4.69) is 25.7 Å². The van der Waals surface area contributed by atoms with Gasteiger partial charge in [0, 0.05) is 31.5 Å². The zero-order chi connectivity index (χ0) is 21.7. The SMILES string of the molecule is C[C@@H]1CC[C@@H]2N(C1)C[C@H]1[C@@H]3C[C@H]4[C@@H](CC(=O)[C@H]5C[C@H](O)CC[C@]54C)[C@@H]3CC[C@@H]1[C@]2(C)O. The van der Waals surface area contributed by atoms with Crippen LogP contribution < -0.4 is 0 Å². The third-order valence-electron chi connectivity index (χ3n) is 11.8. The maximum Gasteiger partial charge on any atom is 0.136 e. The van der Waals surface area contributed by atoms with Crippen LogP contribution in [0.25, 0.3) is 0 Å². The molecule has 31 heavy (non-hydrogen) atoms. The maximum atomic E-state index is 13.2. The predicted molar refractivity (Wildman–Crippen MR) is 120 cm³/mol. The number of hydrogen-bond acceptors (Lipinski definition) is 4. The van der Waals surface area contributed by atoms with E-state index < -0.39 is 5.60 Å². The zero-order valence-electron chi connectivity index (χ0n) is 19.8. The normalized spacial score (nSPS) is 59.2. The summed E-state index contributed by atoms with van der Waals surface area (Å²) >= 11 is 0. The Bertz CT molecular complexity index is 751. The predicted octanol–water partition coefficient (Wildman–Crippen LogP) is 3.89. The molecule has 4 aliphatic carbocycles. The van der Waals surface area contributed by atoms with Gasteiger partial charge in [0.2, 0.25) is 0 Å². The highest BCUT2D eigenvalue weighted by molar-refractivity contribution is 5.83. The first-order valence-corrected chi connectivity index (χ1v) is 13.4. The van der Waals surface area contributed by atoms with E-state index in [1.54, 1.807) is 0 Å². The average Bonchev–Trinajstić information content (AvgIpc) is 3.09. The molecule has 2 N–H and O–H groups in total. The van der Waals surface area contributed by atoms with Crippen LogP contribution in [-0.2, 0) is 4.79 Å². The fourth-order valence-electron chi connectivity index (χ4n) is 10.4. The van der Waals surface area contributed by atoms with Gasteiger partial charge in [-0.2, -0.15) is 0 Å². The summed E-state index contributed by atoms with van der Waals surface area (Å²) in [4.78, 5) is 15.9. The fraction of sp³-hybridized carbons (Fsp3) is 0.963. The molecule has 0 bridgehead atoms. The molecule has 0 aromatic rings. The van der Waals surface area contributed by atoms with Crippen molar-refractivity contribution in [1.29, 1.82) is 0 Å². The number of aliphatic hydroxyl groups is 2. The third-order valence-corrected chi connectivity index (χ3v) is 11.8. The van der Waals surface area contributed by atoms with E-state index in [1.165, 1.54) is 25.8 Å². The monoisotopic (exact) mass is 429 g/mol. The van der Waals surface area contributed by atoms with Crippen molar-refractivity contribution in [2.45, 2.75) is 96.3 Å². The van der Waals surface area contributed by atoms with Gasteiger partial charge < -0.3 is 10.2 Å². The highest BCUT2D eigenvalue weighted by Crippen LogP contribution is 2.66. The smallest absolute Gasteiger partial charge is 0.136 e. The summed E-state index contributed by atoms with van der Waals surface area (Å²) < 4.78 is 0. The molecule has 0 aromatic heterocycles. The standard InChI is InChI=1S/C27H43NO3/c1-15-4-7-25-27(3,31)21-6-5-17-18(20(21)14-28(25)13-15)11-22-19(17)12-24(30)23-10-16(29)8-9-26(22,23)2/h15-23,25,29,31H,4-14H2,1-3H3/t15-,16-,17-,18-,19+,20+,21+,22+,23-,25+,26+,27+/m1/s1. The number of piperidine rings is 2. The van der Waals surface area contributed by atoms with Gasteiger partial charge in [-0.1, -0.05) is 13.8 Å². The highest BCUT2D eigenvalue weighted by Gasteiger charge is 2.64. The zero-order valence-corrected chi connectivity index (χ0v) is 19.8. The second-order valence-electron chi connectivity index (χ2n) is 13.2. The number of fused-ring (bicyclic) bond motifs is 8. The highest BCUT2D eigenvalue weighted by atomic mass is 16.3. The molecule has 2 saturated heterocycles. The van der Waals surface area contributed by atoms with Crippen LogP contribution in [0.4, 0.5) is 0 Å². The Balaban J connectivity index is 1.31. The second-order valence-corrected chi connectivity index (χ2v) is 13.2. The summed E-state index contributed by atoms with van der Waals surface area (Å²) in [5.41, 5.74) is -0.482. The minimum absolute atomic E-state index is 0.0789. The van der Waals surface area contributed by atoms with E-state index in [4.69, 9.17) is 0 Å². The Labute approximate surface area is 188 Å². The van der Waals surface area contributed by atoms with Crippen molar-refractivity contribution in [1.82, 2.24) is 4.90 Å². The lowest BCUT2D eigenvalue weighted by Gasteiger charge is -2.59. The number of hydrogen-bond donors (Lipinski definition) is 2. The van der Waals surface area contributed by atoms with E-state index in [1.807, 2.05) is 0 Å². The van der Waals surface area contributed by atoms with E-state index in [0.717, 1.165) is 44.6 Å². The molecule has 2 aliphatic heterocycles. The van der Waals surface area contributed by atoms with Crippen molar-refractivity contribution in [3.8, 4) is 0 Å². The first kappa shape index (κ1) is 21.1. The molecule has 174 valence electrons. The molecule has 0 unspecified atom stereocenters. The molecule has 4 saturated carbocycles. The van der Waals surface area contributed by atoms with Crippen LogP contribution >= 0.6 is 0 Å². The number of Topliss-reactive ketones (excluding diaryl/α,β-unsaturated/α-hetero) is 1. The van der Waals surface area contributed by atoms with Crippen molar-refractivity contribution >= 4 is 5.78 Å². The average molecular weight is 430 g/mol. The molecule has 0 amide bonds. The van der Waals surface area contributed by atoms with Crippen molar-refractivity contribution in [3.05, 3.63) is 0 Å². The Kier molecular flexibility index (Phi) is 4.78. The summed E-state index contributed by atoms with van der Waals surface area (Å²) in [5, 5.41) is 22.1. The van der Waals surface area contributed by atoms with E-state index >= 15 is 0 Å². The fourth-order valence-corrected chi connectivity index (χ4v) is 10.4. The molecular weight excluding hydrogens is 386 g/mol. The van der Waals surface area contributed by atoms with Gasteiger partial charge in [0.05, 0.1) is 11.7 Å². The lowest BCUT2D eigenvalue weighted by atomic mass is 9.51. The summed E-state index contributed by atoms with van der Waals surface area (Å²) in [6.45, 7) is 9.23. The van der Waals surface area contributed by atoms with Crippen LogP contribution in [0.5, 0.6) is 0 Å². The van der Waals surface area contributed by atoms with Gasteiger partial charge in [0.25, 0.3) is 0 Å².